The Morgan fingerprint density at radius 3 is 2.52 bits per heavy atom. The second kappa shape index (κ2) is 10.4. The average Bonchev–Trinajstić information content (AvgIpc) is 3.28. The number of sulfonamides is 1. The van der Waals surface area contributed by atoms with Crippen LogP contribution in [0.3, 0.4) is 0 Å². The summed E-state index contributed by atoms with van der Waals surface area (Å²) in [4.78, 5) is 1.48. The highest BCUT2D eigenvalue weighted by molar-refractivity contribution is 7.92. The molecule has 1 aliphatic carbocycles. The van der Waals surface area contributed by atoms with Gasteiger partial charge in [0.15, 0.2) is 0 Å². The predicted molar refractivity (Wildman–Crippen MR) is 147 cm³/mol. The maximum atomic E-state index is 14.0. The third kappa shape index (κ3) is 5.43. The number of halogens is 3. The zero-order valence-corrected chi connectivity index (χ0v) is 23.7. The fourth-order valence-corrected chi connectivity index (χ4v) is 7.66. The van der Waals surface area contributed by atoms with E-state index in [0.29, 0.717) is 11.8 Å². The highest BCUT2D eigenvalue weighted by Gasteiger charge is 2.48. The molecule has 1 atom stereocenters. The molecule has 2 heterocycles. The van der Waals surface area contributed by atoms with Crippen molar-refractivity contribution in [2.24, 2.45) is 18.9 Å². The van der Waals surface area contributed by atoms with Crippen LogP contribution in [0.1, 0.15) is 62.0 Å². The van der Waals surface area contributed by atoms with Gasteiger partial charge in [-0.2, -0.15) is 13.2 Å². The van der Waals surface area contributed by atoms with Crippen LogP contribution in [-0.2, 0) is 35.2 Å². The van der Waals surface area contributed by atoms with Crippen molar-refractivity contribution in [3.63, 3.8) is 0 Å². The molecule has 0 radical (unpaired) electrons. The van der Waals surface area contributed by atoms with Crippen LogP contribution >= 0.6 is 0 Å². The Bertz CT molecular complexity index is 1500. The van der Waals surface area contributed by atoms with Gasteiger partial charge in [-0.25, -0.2) is 8.42 Å². The highest BCUT2D eigenvalue weighted by Crippen LogP contribution is 2.51. The number of aromatic nitrogens is 3. The Labute approximate surface area is 232 Å². The number of piperidine rings is 1. The number of nitrogens with zero attached hydrogens (tertiary/aromatic N) is 4. The summed E-state index contributed by atoms with van der Waals surface area (Å²) in [5.74, 6) is 1.65. The molecular formula is C28H35F3N6O2S. The molecule has 0 unspecified atom stereocenters. The van der Waals surface area contributed by atoms with Crippen LogP contribution in [0.2, 0.25) is 0 Å². The molecule has 3 N–H and O–H groups in total. The van der Waals surface area contributed by atoms with Crippen LogP contribution in [0.15, 0.2) is 47.6 Å². The molecule has 0 spiro atoms. The quantitative estimate of drug-likeness (QED) is 0.376. The van der Waals surface area contributed by atoms with Crippen LogP contribution in [0.25, 0.3) is 0 Å². The van der Waals surface area contributed by atoms with E-state index in [1.807, 2.05) is 17.7 Å². The van der Waals surface area contributed by atoms with E-state index in [2.05, 4.69) is 33.7 Å². The van der Waals surface area contributed by atoms with Gasteiger partial charge in [0.1, 0.15) is 17.0 Å². The Morgan fingerprint density at radius 2 is 1.90 bits per heavy atom. The van der Waals surface area contributed by atoms with Gasteiger partial charge in [-0.3, -0.25) is 9.62 Å². The molecule has 12 heteroatoms. The lowest BCUT2D eigenvalue weighted by Crippen LogP contribution is -2.43. The molecule has 1 saturated heterocycles. The fraction of sp³-hybridized carbons (Fsp3) is 0.500. The number of hydrogen-bond acceptors (Lipinski definition) is 6. The molecule has 1 saturated carbocycles. The van der Waals surface area contributed by atoms with Crippen molar-refractivity contribution < 1.29 is 21.6 Å². The van der Waals surface area contributed by atoms with Crippen molar-refractivity contribution in [1.29, 1.82) is 0 Å². The van der Waals surface area contributed by atoms with Crippen molar-refractivity contribution in [3.8, 4) is 0 Å². The van der Waals surface area contributed by atoms with Crippen molar-refractivity contribution in [3.05, 3.63) is 65.2 Å². The highest BCUT2D eigenvalue weighted by atomic mass is 32.2. The predicted octanol–water partition coefficient (Wildman–Crippen LogP) is 5.16. The van der Waals surface area contributed by atoms with Gasteiger partial charge in [0.25, 0.3) is 10.0 Å². The lowest BCUT2D eigenvalue weighted by atomic mass is 9.58. The third-order valence-electron chi connectivity index (χ3n) is 8.14. The topological polar surface area (TPSA) is 106 Å². The molecule has 2 fully saturated rings. The number of rotatable bonds is 7. The third-order valence-corrected chi connectivity index (χ3v) is 9.57. The summed E-state index contributed by atoms with van der Waals surface area (Å²) >= 11 is 0. The van der Waals surface area contributed by atoms with E-state index in [1.54, 1.807) is 24.5 Å². The number of benzene rings is 2. The number of likely N-dealkylation sites (tertiary alicyclic amines) is 1. The summed E-state index contributed by atoms with van der Waals surface area (Å²) in [5, 5.41) is 8.35. The van der Waals surface area contributed by atoms with E-state index in [9.17, 15) is 21.6 Å². The van der Waals surface area contributed by atoms with Gasteiger partial charge in [0.05, 0.1) is 16.7 Å². The summed E-state index contributed by atoms with van der Waals surface area (Å²) in [7, 11) is -2.59. The minimum atomic E-state index is -4.80. The lowest BCUT2D eigenvalue weighted by Gasteiger charge is -2.46. The first-order valence-corrected chi connectivity index (χ1v) is 15.0. The molecule has 5 rings (SSSR count). The first-order valence-electron chi connectivity index (χ1n) is 13.5. The molecule has 3 aromatic rings. The second-order valence-corrected chi connectivity index (χ2v) is 13.2. The van der Waals surface area contributed by atoms with Crippen LogP contribution < -0.4 is 10.5 Å². The molecule has 1 aromatic heterocycles. The number of anilines is 2. The number of aryl methyl sites for hydroxylation is 1. The van der Waals surface area contributed by atoms with Crippen molar-refractivity contribution >= 4 is 21.4 Å². The van der Waals surface area contributed by atoms with Crippen molar-refractivity contribution in [1.82, 2.24) is 19.7 Å². The summed E-state index contributed by atoms with van der Waals surface area (Å²) in [5.41, 5.74) is 4.86. The molecule has 216 valence electrons. The largest absolute Gasteiger partial charge is 0.418 e. The van der Waals surface area contributed by atoms with E-state index < -0.39 is 37.8 Å². The Kier molecular flexibility index (Phi) is 7.37. The maximum absolute atomic E-state index is 14.0. The first kappa shape index (κ1) is 28.4. The van der Waals surface area contributed by atoms with Crippen molar-refractivity contribution in [2.45, 2.75) is 62.6 Å². The normalized spacial score (nSPS) is 24.1. The lowest BCUT2D eigenvalue weighted by molar-refractivity contribution is -0.137. The molecule has 1 aliphatic heterocycles. The number of nitrogens with two attached hydrogens (primary N) is 1. The van der Waals surface area contributed by atoms with Gasteiger partial charge in [0, 0.05) is 25.8 Å². The maximum Gasteiger partial charge on any atom is 0.418 e. The first-order chi connectivity index (χ1) is 18.8. The molecule has 8 nitrogen and oxygen atoms in total. The van der Waals surface area contributed by atoms with E-state index in [-0.39, 0.29) is 17.8 Å². The number of hydrogen-bond donors (Lipinski definition) is 2. The number of nitrogen functional groups attached to an aromatic ring is 1. The van der Waals surface area contributed by atoms with Gasteiger partial charge in [0.2, 0.25) is 0 Å². The van der Waals surface area contributed by atoms with E-state index in [1.165, 1.54) is 6.07 Å². The van der Waals surface area contributed by atoms with Crippen LogP contribution in [0, 0.1) is 11.8 Å². The van der Waals surface area contributed by atoms with E-state index >= 15 is 0 Å². The molecule has 40 heavy (non-hydrogen) atoms. The van der Waals surface area contributed by atoms with Crippen molar-refractivity contribution in [2.75, 3.05) is 23.5 Å². The van der Waals surface area contributed by atoms with E-state index in [4.69, 9.17) is 5.73 Å². The molecule has 0 bridgehead atoms. The number of nitrogens with one attached hydrogen (secondary N) is 1. The Balaban J connectivity index is 1.49. The van der Waals surface area contributed by atoms with Crippen LogP contribution in [-0.4, -0.2) is 41.2 Å². The SMILES string of the molecule is CC1CC(c2cccc(NS(=O)(=O)c3cc(CN4CCC[C@H](C)C4)cc(C(F)(F)F)c3N)c2)(c2nncn2C)C1. The smallest absolute Gasteiger partial charge is 0.397 e. The zero-order chi connectivity index (χ0) is 28.9. The van der Waals surface area contributed by atoms with Gasteiger partial charge < -0.3 is 10.3 Å². The summed E-state index contributed by atoms with van der Waals surface area (Å²) in [6.45, 7) is 5.94. The minimum absolute atomic E-state index is 0.212. The summed E-state index contributed by atoms with van der Waals surface area (Å²) in [6.07, 6.45) is 0.461. The fourth-order valence-electron chi connectivity index (χ4n) is 6.40. The Morgan fingerprint density at radius 1 is 1.15 bits per heavy atom. The van der Waals surface area contributed by atoms with E-state index in [0.717, 1.165) is 56.2 Å². The standard InChI is InChI=1S/C28H35F3N6O2S/c1-18-6-5-9-37(15-18)16-20-10-23(28(29,30)31)25(32)24(11-20)40(38,39)35-22-8-4-7-21(12-22)27(13-19(2)14-27)26-34-33-17-36(26)3/h4,7-8,10-12,17-19,35H,5-6,9,13-16,32H2,1-3H3/t18-,19?,27?/m0/s1. The van der Waals surface area contributed by atoms with Gasteiger partial charge in [-0.05, 0) is 79.5 Å². The molecule has 0 amide bonds. The summed E-state index contributed by atoms with van der Waals surface area (Å²) in [6, 6.07) is 9.17. The summed E-state index contributed by atoms with van der Waals surface area (Å²) < 4.78 is 73.4. The molecular weight excluding hydrogens is 541 g/mol. The monoisotopic (exact) mass is 576 g/mol. The average molecular weight is 577 g/mol. The van der Waals surface area contributed by atoms with Gasteiger partial charge >= 0.3 is 6.18 Å². The second-order valence-electron chi connectivity index (χ2n) is 11.6. The van der Waals surface area contributed by atoms with Crippen LogP contribution in [0.5, 0.6) is 0 Å². The van der Waals surface area contributed by atoms with Crippen LogP contribution in [0.4, 0.5) is 24.5 Å². The molecule has 2 aliphatic rings. The number of alkyl halides is 3. The Hall–Kier alpha value is -3.12. The minimum Gasteiger partial charge on any atom is -0.397 e. The zero-order valence-electron chi connectivity index (χ0n) is 22.9. The van der Waals surface area contributed by atoms with Gasteiger partial charge in [-0.15, -0.1) is 10.2 Å². The van der Waals surface area contributed by atoms with Gasteiger partial charge in [-0.1, -0.05) is 26.0 Å². The molecule has 2 aromatic carbocycles.